The number of anilines is 2. The third-order valence-corrected chi connectivity index (χ3v) is 3.28. The van der Waals surface area contributed by atoms with Crippen molar-refractivity contribution >= 4 is 22.5 Å². The first-order valence-electron chi connectivity index (χ1n) is 6.40. The molecular weight excluding hydrogens is 236 g/mol. The van der Waals surface area contributed by atoms with Gasteiger partial charge in [0.25, 0.3) is 0 Å². The Morgan fingerprint density at radius 3 is 2.63 bits per heavy atom. The monoisotopic (exact) mass is 252 g/mol. The molecule has 0 saturated heterocycles. The average molecular weight is 252 g/mol. The molecule has 1 aromatic carbocycles. The Balaban J connectivity index is 2.17. The topological polar surface area (TPSA) is 34.0 Å². The van der Waals surface area contributed by atoms with E-state index < -0.39 is 0 Å². The number of benzene rings is 1. The fourth-order valence-corrected chi connectivity index (χ4v) is 2.34. The van der Waals surface area contributed by atoms with Gasteiger partial charge in [-0.05, 0) is 25.1 Å². The summed E-state index contributed by atoms with van der Waals surface area (Å²) in [5.41, 5.74) is 2.10. The van der Waals surface area contributed by atoms with Crippen molar-refractivity contribution in [2.45, 2.75) is 6.92 Å². The van der Waals surface area contributed by atoms with Crippen molar-refractivity contribution in [3.8, 4) is 0 Å². The standard InChI is InChI=1S/C15H16N4/c1-3-19(12-7-5-4-6-8-12)15-13-9-10-18(2)14(13)16-11-17-15/h4-11H,3H2,1-2H3. The number of rotatable bonds is 3. The van der Waals surface area contributed by atoms with Crippen molar-refractivity contribution in [1.82, 2.24) is 14.5 Å². The first-order chi connectivity index (χ1) is 9.31. The van der Waals surface area contributed by atoms with Gasteiger partial charge in [-0.1, -0.05) is 18.2 Å². The summed E-state index contributed by atoms with van der Waals surface area (Å²) < 4.78 is 2.01. The summed E-state index contributed by atoms with van der Waals surface area (Å²) in [5, 5.41) is 1.08. The van der Waals surface area contributed by atoms with Gasteiger partial charge in [0.15, 0.2) is 0 Å². The highest BCUT2D eigenvalue weighted by atomic mass is 15.2. The Labute approximate surface area is 112 Å². The normalized spacial score (nSPS) is 10.8. The largest absolute Gasteiger partial charge is 0.335 e. The second kappa shape index (κ2) is 4.72. The first kappa shape index (κ1) is 11.7. The van der Waals surface area contributed by atoms with Crippen molar-refractivity contribution in [3.63, 3.8) is 0 Å². The van der Waals surface area contributed by atoms with Crippen LogP contribution in [0.2, 0.25) is 0 Å². The molecule has 0 spiro atoms. The van der Waals surface area contributed by atoms with Gasteiger partial charge in [0, 0.05) is 25.5 Å². The second-order valence-electron chi connectivity index (χ2n) is 4.44. The summed E-state index contributed by atoms with van der Waals surface area (Å²) in [7, 11) is 2.00. The van der Waals surface area contributed by atoms with Crippen LogP contribution in [0.5, 0.6) is 0 Å². The number of hydrogen-bond acceptors (Lipinski definition) is 3. The van der Waals surface area contributed by atoms with E-state index in [-0.39, 0.29) is 0 Å². The minimum absolute atomic E-state index is 0.866. The van der Waals surface area contributed by atoms with Crippen molar-refractivity contribution in [2.24, 2.45) is 7.05 Å². The van der Waals surface area contributed by atoms with E-state index in [0.717, 1.165) is 29.1 Å². The number of fused-ring (bicyclic) bond motifs is 1. The smallest absolute Gasteiger partial charge is 0.145 e. The van der Waals surface area contributed by atoms with E-state index in [9.17, 15) is 0 Å². The molecule has 0 amide bonds. The van der Waals surface area contributed by atoms with Gasteiger partial charge in [0.05, 0.1) is 5.39 Å². The second-order valence-corrected chi connectivity index (χ2v) is 4.44. The van der Waals surface area contributed by atoms with Crippen LogP contribution >= 0.6 is 0 Å². The van der Waals surface area contributed by atoms with E-state index in [0.29, 0.717) is 0 Å². The zero-order valence-electron chi connectivity index (χ0n) is 11.1. The van der Waals surface area contributed by atoms with E-state index in [1.807, 2.05) is 36.0 Å². The molecule has 0 saturated carbocycles. The minimum Gasteiger partial charge on any atom is -0.335 e. The molecule has 3 rings (SSSR count). The number of aryl methyl sites for hydroxylation is 1. The van der Waals surface area contributed by atoms with Gasteiger partial charge in [-0.25, -0.2) is 9.97 Å². The van der Waals surface area contributed by atoms with Gasteiger partial charge in [-0.3, -0.25) is 0 Å². The zero-order valence-corrected chi connectivity index (χ0v) is 11.1. The van der Waals surface area contributed by atoms with Gasteiger partial charge < -0.3 is 9.47 Å². The van der Waals surface area contributed by atoms with Crippen LogP contribution in [0.15, 0.2) is 48.9 Å². The van der Waals surface area contributed by atoms with Gasteiger partial charge in [0.2, 0.25) is 0 Å². The molecule has 0 aliphatic heterocycles. The van der Waals surface area contributed by atoms with Gasteiger partial charge in [0.1, 0.15) is 17.8 Å². The third kappa shape index (κ3) is 1.95. The SMILES string of the molecule is CCN(c1ccccc1)c1ncnc2c1ccn2C. The highest BCUT2D eigenvalue weighted by molar-refractivity contribution is 5.90. The van der Waals surface area contributed by atoms with E-state index in [4.69, 9.17) is 0 Å². The molecule has 0 atom stereocenters. The molecule has 4 nitrogen and oxygen atoms in total. The zero-order chi connectivity index (χ0) is 13.2. The summed E-state index contributed by atoms with van der Waals surface area (Å²) in [5.74, 6) is 0.958. The summed E-state index contributed by atoms with van der Waals surface area (Å²) in [4.78, 5) is 11.0. The van der Waals surface area contributed by atoms with Crippen LogP contribution in [-0.4, -0.2) is 21.1 Å². The van der Waals surface area contributed by atoms with Crippen LogP contribution < -0.4 is 4.90 Å². The number of aromatic nitrogens is 3. The maximum Gasteiger partial charge on any atom is 0.145 e. The molecule has 0 radical (unpaired) electrons. The maximum atomic E-state index is 4.47. The molecule has 0 unspecified atom stereocenters. The Hall–Kier alpha value is -2.36. The molecule has 0 fully saturated rings. The van der Waals surface area contributed by atoms with E-state index in [2.05, 4.69) is 40.0 Å². The van der Waals surface area contributed by atoms with Crippen molar-refractivity contribution in [1.29, 1.82) is 0 Å². The Bertz CT molecular complexity index is 688. The van der Waals surface area contributed by atoms with Crippen molar-refractivity contribution in [2.75, 3.05) is 11.4 Å². The lowest BCUT2D eigenvalue weighted by atomic mass is 10.2. The molecule has 3 aromatic rings. The van der Waals surface area contributed by atoms with Crippen LogP contribution in [-0.2, 0) is 7.05 Å². The van der Waals surface area contributed by atoms with Crippen LogP contribution in [0.4, 0.5) is 11.5 Å². The van der Waals surface area contributed by atoms with Gasteiger partial charge in [-0.15, -0.1) is 0 Å². The fraction of sp³-hybridized carbons (Fsp3) is 0.200. The molecular formula is C15H16N4. The molecule has 4 heteroatoms. The lowest BCUT2D eigenvalue weighted by Gasteiger charge is -2.22. The van der Waals surface area contributed by atoms with Gasteiger partial charge in [-0.2, -0.15) is 0 Å². The maximum absolute atomic E-state index is 4.47. The molecule has 96 valence electrons. The average Bonchev–Trinajstić information content (AvgIpc) is 2.84. The summed E-state index contributed by atoms with van der Waals surface area (Å²) in [6.07, 6.45) is 3.64. The molecule has 2 heterocycles. The number of para-hydroxylation sites is 1. The highest BCUT2D eigenvalue weighted by Crippen LogP contribution is 2.29. The van der Waals surface area contributed by atoms with Crippen molar-refractivity contribution in [3.05, 3.63) is 48.9 Å². The quantitative estimate of drug-likeness (QED) is 0.718. The van der Waals surface area contributed by atoms with Crippen molar-refractivity contribution < 1.29 is 0 Å². The van der Waals surface area contributed by atoms with Gasteiger partial charge >= 0.3 is 0 Å². The summed E-state index contributed by atoms with van der Waals surface area (Å²) >= 11 is 0. The number of hydrogen-bond donors (Lipinski definition) is 0. The molecule has 0 bridgehead atoms. The third-order valence-electron chi connectivity index (χ3n) is 3.28. The van der Waals surface area contributed by atoms with Crippen LogP contribution in [0.1, 0.15) is 6.92 Å². The number of nitrogens with zero attached hydrogens (tertiary/aromatic N) is 4. The van der Waals surface area contributed by atoms with E-state index in [1.165, 1.54) is 0 Å². The summed E-state index contributed by atoms with van der Waals surface area (Å²) in [6, 6.07) is 12.4. The Morgan fingerprint density at radius 1 is 1.11 bits per heavy atom. The molecule has 0 N–H and O–H groups in total. The first-order valence-corrected chi connectivity index (χ1v) is 6.40. The van der Waals surface area contributed by atoms with Crippen LogP contribution in [0, 0.1) is 0 Å². The fourth-order valence-electron chi connectivity index (χ4n) is 2.34. The lowest BCUT2D eigenvalue weighted by Crippen LogP contribution is -2.17. The molecule has 0 aliphatic rings. The Morgan fingerprint density at radius 2 is 1.89 bits per heavy atom. The van der Waals surface area contributed by atoms with Crippen LogP contribution in [0.3, 0.4) is 0 Å². The molecule has 2 aromatic heterocycles. The molecule has 19 heavy (non-hydrogen) atoms. The predicted molar refractivity (Wildman–Crippen MR) is 77.6 cm³/mol. The Kier molecular flexibility index (Phi) is 2.91. The van der Waals surface area contributed by atoms with E-state index >= 15 is 0 Å². The predicted octanol–water partition coefficient (Wildman–Crippen LogP) is 3.13. The lowest BCUT2D eigenvalue weighted by molar-refractivity contribution is 0.937. The molecule has 0 aliphatic carbocycles. The minimum atomic E-state index is 0.866. The van der Waals surface area contributed by atoms with Crippen LogP contribution in [0.25, 0.3) is 11.0 Å². The summed E-state index contributed by atoms with van der Waals surface area (Å²) in [6.45, 7) is 2.99. The van der Waals surface area contributed by atoms with E-state index in [1.54, 1.807) is 6.33 Å². The highest BCUT2D eigenvalue weighted by Gasteiger charge is 2.13.